The van der Waals surface area contributed by atoms with E-state index in [9.17, 15) is 13.2 Å². The van der Waals surface area contributed by atoms with Gasteiger partial charge in [-0.25, -0.2) is 8.42 Å². The number of hydrogen-bond acceptors (Lipinski definition) is 5. The molecule has 1 aromatic rings. The van der Waals surface area contributed by atoms with Gasteiger partial charge in [-0.2, -0.15) is 4.72 Å². The van der Waals surface area contributed by atoms with Crippen molar-refractivity contribution in [2.45, 2.75) is 24.8 Å². The van der Waals surface area contributed by atoms with Crippen LogP contribution in [0.15, 0.2) is 26.0 Å². The van der Waals surface area contributed by atoms with E-state index in [-0.39, 0.29) is 10.8 Å². The van der Waals surface area contributed by atoms with E-state index in [0.29, 0.717) is 14.7 Å². The van der Waals surface area contributed by atoms with Crippen molar-refractivity contribution in [3.63, 3.8) is 0 Å². The molecule has 0 aliphatic heterocycles. The Balaban J connectivity index is 3.27. The molecule has 0 aromatic heterocycles. The van der Waals surface area contributed by atoms with E-state index in [4.69, 9.17) is 4.74 Å². The molecule has 0 saturated carbocycles. The number of carbonyl (C=O) groups is 1. The van der Waals surface area contributed by atoms with Crippen molar-refractivity contribution < 1.29 is 22.7 Å². The fourth-order valence-electron chi connectivity index (χ4n) is 1.69. The summed E-state index contributed by atoms with van der Waals surface area (Å²) in [6.07, 6.45) is 0. The third-order valence-corrected chi connectivity index (χ3v) is 5.92. The Morgan fingerprint density at radius 2 is 1.77 bits per heavy atom. The molecule has 1 rings (SSSR count). The van der Waals surface area contributed by atoms with Gasteiger partial charge in [0, 0.05) is 10.5 Å². The van der Waals surface area contributed by atoms with E-state index in [0.717, 1.165) is 0 Å². The van der Waals surface area contributed by atoms with Crippen LogP contribution in [0, 0.1) is 5.92 Å². The van der Waals surface area contributed by atoms with Crippen molar-refractivity contribution in [3.8, 4) is 5.75 Å². The molecule has 0 saturated heterocycles. The Hall–Kier alpha value is -0.640. The van der Waals surface area contributed by atoms with E-state index in [1.807, 2.05) is 0 Å². The summed E-state index contributed by atoms with van der Waals surface area (Å²) in [7, 11) is -1.29. The van der Waals surface area contributed by atoms with E-state index in [2.05, 4.69) is 41.3 Å². The van der Waals surface area contributed by atoms with E-state index >= 15 is 0 Å². The molecule has 1 N–H and O–H groups in total. The lowest BCUT2D eigenvalue weighted by atomic mass is 10.1. The van der Waals surface area contributed by atoms with Crippen LogP contribution in [0.4, 0.5) is 0 Å². The van der Waals surface area contributed by atoms with E-state index in [1.54, 1.807) is 19.9 Å². The molecule has 1 atom stereocenters. The second kappa shape index (κ2) is 7.76. The minimum atomic E-state index is -3.94. The highest BCUT2D eigenvalue weighted by molar-refractivity contribution is 9.11. The van der Waals surface area contributed by atoms with Crippen molar-refractivity contribution in [2.24, 2.45) is 5.92 Å². The summed E-state index contributed by atoms with van der Waals surface area (Å²) < 4.78 is 38.2. The second-order valence-corrected chi connectivity index (χ2v) is 8.17. The maximum Gasteiger partial charge on any atom is 0.324 e. The predicted octanol–water partition coefficient (Wildman–Crippen LogP) is 2.70. The van der Waals surface area contributed by atoms with Crippen molar-refractivity contribution in [1.82, 2.24) is 4.72 Å². The van der Waals surface area contributed by atoms with Crippen LogP contribution in [-0.4, -0.2) is 34.6 Å². The quantitative estimate of drug-likeness (QED) is 0.662. The van der Waals surface area contributed by atoms with E-state index < -0.39 is 22.0 Å². The van der Waals surface area contributed by atoms with Gasteiger partial charge < -0.3 is 9.47 Å². The highest BCUT2D eigenvalue weighted by atomic mass is 79.9. The summed E-state index contributed by atoms with van der Waals surface area (Å²) in [5.41, 5.74) is 0. The van der Waals surface area contributed by atoms with Gasteiger partial charge >= 0.3 is 5.97 Å². The second-order valence-electron chi connectivity index (χ2n) is 4.78. The normalized spacial score (nSPS) is 13.0. The number of ether oxygens (including phenoxy) is 2. The first kappa shape index (κ1) is 19.4. The van der Waals surface area contributed by atoms with Gasteiger partial charge in [0.1, 0.15) is 11.8 Å². The number of rotatable bonds is 6. The molecule has 0 amide bonds. The van der Waals surface area contributed by atoms with Crippen LogP contribution in [0.5, 0.6) is 5.75 Å². The smallest absolute Gasteiger partial charge is 0.324 e. The Bertz CT molecular complexity index is 661. The molecule has 0 radical (unpaired) electrons. The fraction of sp³-hybridized carbons (Fsp3) is 0.462. The molecule has 0 heterocycles. The van der Waals surface area contributed by atoms with Crippen LogP contribution in [0.3, 0.4) is 0 Å². The zero-order valence-electron chi connectivity index (χ0n) is 12.5. The van der Waals surface area contributed by atoms with Crippen molar-refractivity contribution >= 4 is 47.9 Å². The lowest BCUT2D eigenvalue weighted by molar-refractivity contribution is -0.143. The number of benzene rings is 1. The first-order valence-corrected chi connectivity index (χ1v) is 9.34. The number of hydrogen-bond donors (Lipinski definition) is 1. The van der Waals surface area contributed by atoms with Gasteiger partial charge in [0.25, 0.3) is 0 Å². The summed E-state index contributed by atoms with van der Waals surface area (Å²) >= 11 is 6.48. The van der Waals surface area contributed by atoms with E-state index in [1.165, 1.54) is 20.3 Å². The minimum absolute atomic E-state index is 0.0258. The molecule has 0 aliphatic rings. The molecule has 9 heteroatoms. The minimum Gasteiger partial charge on any atom is -0.496 e. The van der Waals surface area contributed by atoms with Crippen LogP contribution in [-0.2, 0) is 19.6 Å². The number of carbonyl (C=O) groups excluding carboxylic acids is 1. The fourth-order valence-corrected chi connectivity index (χ4v) is 4.89. The molecular weight excluding hydrogens is 442 g/mol. The molecule has 0 aliphatic carbocycles. The zero-order chi connectivity index (χ0) is 17.1. The lowest BCUT2D eigenvalue weighted by Gasteiger charge is -2.20. The zero-order valence-corrected chi connectivity index (χ0v) is 16.5. The van der Waals surface area contributed by atoms with Crippen LogP contribution < -0.4 is 9.46 Å². The number of sulfonamides is 1. The number of methoxy groups -OCH3 is 2. The summed E-state index contributed by atoms with van der Waals surface area (Å²) in [4.78, 5) is 11.7. The number of nitrogens with one attached hydrogen (secondary N) is 1. The monoisotopic (exact) mass is 457 g/mol. The van der Waals surface area contributed by atoms with Crippen molar-refractivity contribution in [1.29, 1.82) is 0 Å². The van der Waals surface area contributed by atoms with Gasteiger partial charge in [-0.1, -0.05) is 13.8 Å². The molecule has 6 nitrogen and oxygen atoms in total. The summed E-state index contributed by atoms with van der Waals surface area (Å²) in [6, 6.07) is 1.96. The van der Waals surface area contributed by atoms with Crippen molar-refractivity contribution in [2.75, 3.05) is 14.2 Å². The summed E-state index contributed by atoms with van der Waals surface area (Å²) in [5, 5.41) is 0. The molecule has 0 fully saturated rings. The van der Waals surface area contributed by atoms with Crippen molar-refractivity contribution in [3.05, 3.63) is 21.1 Å². The first-order valence-electron chi connectivity index (χ1n) is 6.27. The maximum atomic E-state index is 12.5. The van der Waals surface area contributed by atoms with Gasteiger partial charge in [-0.3, -0.25) is 4.79 Å². The molecule has 1 aromatic carbocycles. The summed E-state index contributed by atoms with van der Waals surface area (Å²) in [5.74, 6) is -0.542. The predicted molar refractivity (Wildman–Crippen MR) is 89.4 cm³/mol. The lowest BCUT2D eigenvalue weighted by Crippen LogP contribution is -2.45. The van der Waals surface area contributed by atoms with Crippen LogP contribution >= 0.6 is 31.9 Å². The van der Waals surface area contributed by atoms with Gasteiger partial charge in [-0.15, -0.1) is 0 Å². The molecular formula is C13H17Br2NO5S. The largest absolute Gasteiger partial charge is 0.496 e. The number of esters is 1. The Kier molecular flexibility index (Phi) is 6.84. The highest BCUT2D eigenvalue weighted by Gasteiger charge is 2.30. The van der Waals surface area contributed by atoms with Crippen LogP contribution in [0.2, 0.25) is 0 Å². The van der Waals surface area contributed by atoms with Gasteiger partial charge in [0.05, 0.1) is 23.6 Å². The summed E-state index contributed by atoms with van der Waals surface area (Å²) in [6.45, 7) is 3.45. The van der Waals surface area contributed by atoms with Crippen LogP contribution in [0.1, 0.15) is 13.8 Å². The standard InChI is InChI=1S/C13H17Br2NO5S/c1-7(2)12(13(17)21-4)16-22(18,19)11-6-10(20-3)8(14)5-9(11)15/h5-7,12,16H,1-4H3/t12-/m1/s1. The SMILES string of the molecule is COC(=O)[C@H](NS(=O)(=O)c1cc(OC)c(Br)cc1Br)C(C)C. The Morgan fingerprint density at radius 3 is 2.23 bits per heavy atom. The molecule has 22 heavy (non-hydrogen) atoms. The first-order chi connectivity index (χ1) is 10.1. The average molecular weight is 459 g/mol. The molecule has 124 valence electrons. The molecule has 0 unspecified atom stereocenters. The third-order valence-electron chi connectivity index (χ3n) is 2.90. The van der Waals surface area contributed by atoms with Gasteiger partial charge in [0.15, 0.2) is 0 Å². The highest BCUT2D eigenvalue weighted by Crippen LogP contribution is 2.34. The molecule has 0 bridgehead atoms. The average Bonchev–Trinajstić information content (AvgIpc) is 2.43. The van der Waals surface area contributed by atoms with Crippen LogP contribution in [0.25, 0.3) is 0 Å². The Labute approximate surface area is 146 Å². The number of halogens is 2. The third kappa shape index (κ3) is 4.43. The van der Waals surface area contributed by atoms with Gasteiger partial charge in [-0.05, 0) is 43.8 Å². The maximum absolute atomic E-state index is 12.5. The topological polar surface area (TPSA) is 81.7 Å². The molecule has 0 spiro atoms. The van der Waals surface area contributed by atoms with Gasteiger partial charge in [0.2, 0.25) is 10.0 Å². The Morgan fingerprint density at radius 1 is 1.18 bits per heavy atom.